The zero-order valence-electron chi connectivity index (χ0n) is 12.2. The van der Waals surface area contributed by atoms with Gasteiger partial charge in [0, 0.05) is 30.8 Å². The minimum atomic E-state index is 0.0461. The minimum absolute atomic E-state index is 0.0461. The Labute approximate surface area is 120 Å². The van der Waals surface area contributed by atoms with E-state index in [9.17, 15) is 9.59 Å². The summed E-state index contributed by atoms with van der Waals surface area (Å²) >= 11 is 0. The predicted molar refractivity (Wildman–Crippen MR) is 80.9 cm³/mol. The lowest BCUT2D eigenvalue weighted by atomic mass is 10.00. The maximum atomic E-state index is 12.0. The van der Waals surface area contributed by atoms with Crippen molar-refractivity contribution in [2.45, 2.75) is 46.0 Å². The lowest BCUT2D eigenvalue weighted by Gasteiger charge is -2.29. The maximum absolute atomic E-state index is 12.0. The van der Waals surface area contributed by atoms with Gasteiger partial charge in [0.15, 0.2) is 0 Å². The fourth-order valence-electron chi connectivity index (χ4n) is 2.56. The summed E-state index contributed by atoms with van der Waals surface area (Å²) in [5, 5.41) is 2.91. The van der Waals surface area contributed by atoms with Crippen molar-refractivity contribution in [2.75, 3.05) is 16.8 Å². The predicted octanol–water partition coefficient (Wildman–Crippen LogP) is 3.11. The van der Waals surface area contributed by atoms with Crippen LogP contribution in [0.2, 0.25) is 0 Å². The fourth-order valence-corrected chi connectivity index (χ4v) is 2.56. The highest BCUT2D eigenvalue weighted by Gasteiger charge is 2.23. The van der Waals surface area contributed by atoms with Crippen LogP contribution in [0.15, 0.2) is 18.2 Å². The van der Waals surface area contributed by atoms with Crippen LogP contribution in [0, 0.1) is 0 Å². The Bertz CT molecular complexity index is 511. The van der Waals surface area contributed by atoms with Crippen LogP contribution in [0.1, 0.15) is 45.1 Å². The molecule has 0 bridgehead atoms. The second kappa shape index (κ2) is 6.55. The molecule has 0 radical (unpaired) electrons. The Morgan fingerprint density at radius 3 is 2.75 bits per heavy atom. The molecule has 1 heterocycles. The topological polar surface area (TPSA) is 49.4 Å². The van der Waals surface area contributed by atoms with E-state index < -0.39 is 0 Å². The molecule has 2 rings (SSSR count). The van der Waals surface area contributed by atoms with E-state index in [1.165, 1.54) is 0 Å². The fraction of sp³-hybridized carbons (Fsp3) is 0.500. The van der Waals surface area contributed by atoms with Gasteiger partial charge in [-0.1, -0.05) is 13.8 Å². The van der Waals surface area contributed by atoms with Crippen molar-refractivity contribution in [3.8, 4) is 0 Å². The van der Waals surface area contributed by atoms with Crippen LogP contribution in [0.3, 0.4) is 0 Å². The van der Waals surface area contributed by atoms with Gasteiger partial charge in [0.1, 0.15) is 0 Å². The van der Waals surface area contributed by atoms with Crippen molar-refractivity contribution < 1.29 is 9.59 Å². The molecule has 1 aromatic carbocycles. The highest BCUT2D eigenvalue weighted by molar-refractivity contribution is 5.97. The molecule has 0 unspecified atom stereocenters. The van der Waals surface area contributed by atoms with Crippen molar-refractivity contribution >= 4 is 23.2 Å². The van der Waals surface area contributed by atoms with E-state index in [1.54, 1.807) is 0 Å². The third-order valence-electron chi connectivity index (χ3n) is 3.49. The first-order chi connectivity index (χ1) is 9.65. The van der Waals surface area contributed by atoms with Gasteiger partial charge in [-0.3, -0.25) is 9.59 Å². The van der Waals surface area contributed by atoms with E-state index in [0.717, 1.165) is 42.7 Å². The first-order valence-electron chi connectivity index (χ1n) is 7.38. The third kappa shape index (κ3) is 3.18. The number of benzene rings is 1. The standard InChI is InChI=1S/C16H22N2O2/c1-3-5-15(19)17-13-7-8-14-12(11-13)6-9-16(20)18(14)10-4-2/h7-8,11H,3-6,9-10H2,1-2H3,(H,17,19). The zero-order chi connectivity index (χ0) is 14.5. The molecule has 108 valence electrons. The second-order valence-corrected chi connectivity index (χ2v) is 5.19. The second-order valence-electron chi connectivity index (χ2n) is 5.19. The molecule has 4 heteroatoms. The number of anilines is 2. The van der Waals surface area contributed by atoms with Crippen LogP contribution in [0.25, 0.3) is 0 Å². The summed E-state index contributed by atoms with van der Waals surface area (Å²) in [4.78, 5) is 25.4. The molecule has 1 aromatic rings. The SMILES string of the molecule is CCCC(=O)Nc1ccc2c(c1)CCC(=O)N2CCC. The molecule has 0 fully saturated rings. The number of nitrogens with one attached hydrogen (secondary N) is 1. The molecule has 0 aromatic heterocycles. The van der Waals surface area contributed by atoms with E-state index in [-0.39, 0.29) is 11.8 Å². The maximum Gasteiger partial charge on any atom is 0.227 e. The van der Waals surface area contributed by atoms with Crippen molar-refractivity contribution in [1.82, 2.24) is 0 Å². The van der Waals surface area contributed by atoms with Crippen LogP contribution < -0.4 is 10.2 Å². The van der Waals surface area contributed by atoms with Crippen LogP contribution in [0.5, 0.6) is 0 Å². The minimum Gasteiger partial charge on any atom is -0.326 e. The number of hydrogen-bond acceptors (Lipinski definition) is 2. The molecule has 0 aliphatic carbocycles. The lowest BCUT2D eigenvalue weighted by molar-refractivity contribution is -0.119. The Hall–Kier alpha value is -1.84. The summed E-state index contributed by atoms with van der Waals surface area (Å²) in [6.45, 7) is 4.81. The van der Waals surface area contributed by atoms with Gasteiger partial charge in [0.25, 0.3) is 0 Å². The Morgan fingerprint density at radius 1 is 1.25 bits per heavy atom. The summed E-state index contributed by atoms with van der Waals surface area (Å²) in [6, 6.07) is 5.83. The highest BCUT2D eigenvalue weighted by atomic mass is 16.2. The van der Waals surface area contributed by atoms with Gasteiger partial charge in [-0.05, 0) is 43.0 Å². The highest BCUT2D eigenvalue weighted by Crippen LogP contribution is 2.30. The van der Waals surface area contributed by atoms with Crippen molar-refractivity contribution in [1.29, 1.82) is 0 Å². The summed E-state index contributed by atoms with van der Waals surface area (Å²) in [5.41, 5.74) is 2.97. The summed E-state index contributed by atoms with van der Waals surface area (Å²) < 4.78 is 0. The van der Waals surface area contributed by atoms with Gasteiger partial charge in [0.05, 0.1) is 0 Å². The molecule has 20 heavy (non-hydrogen) atoms. The number of rotatable bonds is 5. The summed E-state index contributed by atoms with van der Waals surface area (Å²) in [5.74, 6) is 0.242. The van der Waals surface area contributed by atoms with Gasteiger partial charge in [0.2, 0.25) is 11.8 Å². The van der Waals surface area contributed by atoms with Gasteiger partial charge >= 0.3 is 0 Å². The van der Waals surface area contributed by atoms with Crippen LogP contribution >= 0.6 is 0 Å². The van der Waals surface area contributed by atoms with Gasteiger partial charge in [-0.25, -0.2) is 0 Å². The molecule has 1 aliphatic rings. The van der Waals surface area contributed by atoms with E-state index in [4.69, 9.17) is 0 Å². The lowest BCUT2D eigenvalue weighted by Crippen LogP contribution is -2.35. The van der Waals surface area contributed by atoms with Crippen molar-refractivity contribution in [3.63, 3.8) is 0 Å². The van der Waals surface area contributed by atoms with Crippen molar-refractivity contribution in [2.24, 2.45) is 0 Å². The van der Waals surface area contributed by atoms with E-state index in [2.05, 4.69) is 12.2 Å². The van der Waals surface area contributed by atoms with Crippen LogP contribution in [-0.2, 0) is 16.0 Å². The molecule has 0 saturated carbocycles. The molecule has 4 nitrogen and oxygen atoms in total. The number of carbonyl (C=O) groups excluding carboxylic acids is 2. The van der Waals surface area contributed by atoms with Crippen LogP contribution in [-0.4, -0.2) is 18.4 Å². The Kier molecular flexibility index (Phi) is 4.77. The van der Waals surface area contributed by atoms with E-state index in [0.29, 0.717) is 12.8 Å². The molecule has 1 aliphatic heterocycles. The first kappa shape index (κ1) is 14.6. The number of hydrogen-bond donors (Lipinski definition) is 1. The van der Waals surface area contributed by atoms with Gasteiger partial charge in [-0.15, -0.1) is 0 Å². The number of aryl methyl sites for hydroxylation is 1. The summed E-state index contributed by atoms with van der Waals surface area (Å²) in [6.07, 6.45) is 3.64. The smallest absolute Gasteiger partial charge is 0.227 e. The third-order valence-corrected chi connectivity index (χ3v) is 3.49. The molecule has 2 amide bonds. The number of carbonyl (C=O) groups is 2. The van der Waals surface area contributed by atoms with Crippen LogP contribution in [0.4, 0.5) is 11.4 Å². The largest absolute Gasteiger partial charge is 0.326 e. The van der Waals surface area contributed by atoms with Crippen molar-refractivity contribution in [3.05, 3.63) is 23.8 Å². The molecule has 0 spiro atoms. The average molecular weight is 274 g/mol. The zero-order valence-corrected chi connectivity index (χ0v) is 12.2. The normalized spacial score (nSPS) is 14.1. The Morgan fingerprint density at radius 2 is 2.05 bits per heavy atom. The van der Waals surface area contributed by atoms with Gasteiger partial charge in [-0.2, -0.15) is 0 Å². The molecule has 1 N–H and O–H groups in total. The molecular weight excluding hydrogens is 252 g/mol. The first-order valence-corrected chi connectivity index (χ1v) is 7.38. The quantitative estimate of drug-likeness (QED) is 0.897. The average Bonchev–Trinajstić information content (AvgIpc) is 2.42. The number of fused-ring (bicyclic) bond motifs is 1. The molecular formula is C16H22N2O2. The molecule has 0 saturated heterocycles. The summed E-state index contributed by atoms with van der Waals surface area (Å²) in [7, 11) is 0. The monoisotopic (exact) mass is 274 g/mol. The number of nitrogens with zero attached hydrogens (tertiary/aromatic N) is 1. The number of amides is 2. The molecule has 0 atom stereocenters. The Balaban J connectivity index is 2.19. The van der Waals surface area contributed by atoms with E-state index in [1.807, 2.05) is 30.0 Å². The van der Waals surface area contributed by atoms with Gasteiger partial charge < -0.3 is 10.2 Å². The van der Waals surface area contributed by atoms with E-state index >= 15 is 0 Å².